The van der Waals surface area contributed by atoms with E-state index in [1.54, 1.807) is 11.8 Å². The van der Waals surface area contributed by atoms with E-state index in [1.165, 1.54) is 22.5 Å². The summed E-state index contributed by atoms with van der Waals surface area (Å²) in [7, 11) is -3.61. The Labute approximate surface area is 135 Å². The first-order valence-electron chi connectivity index (χ1n) is 6.60. The molecule has 0 aromatic heterocycles. The maximum atomic E-state index is 12.7. The maximum absolute atomic E-state index is 12.7. The zero-order valence-electron chi connectivity index (χ0n) is 12.0. The van der Waals surface area contributed by atoms with Crippen molar-refractivity contribution in [2.24, 2.45) is 0 Å². The molecular formula is C14H17ClN2O2S2. The first-order chi connectivity index (χ1) is 9.76. The molecule has 1 aliphatic heterocycles. The summed E-state index contributed by atoms with van der Waals surface area (Å²) in [5, 5.41) is 8.93. The quantitative estimate of drug-likeness (QED) is 0.827. The van der Waals surface area contributed by atoms with Gasteiger partial charge in [-0.1, -0.05) is 25.4 Å². The first-order valence-corrected chi connectivity index (χ1v) is 9.40. The van der Waals surface area contributed by atoms with Gasteiger partial charge in [0, 0.05) is 23.6 Å². The molecule has 0 saturated carbocycles. The molecule has 1 aromatic rings. The summed E-state index contributed by atoms with van der Waals surface area (Å²) in [5.74, 6) is 0.764. The third kappa shape index (κ3) is 3.72. The molecule has 0 aliphatic carbocycles. The highest BCUT2D eigenvalue weighted by Crippen LogP contribution is 2.33. The number of hydrogen-bond acceptors (Lipinski definition) is 4. The van der Waals surface area contributed by atoms with Crippen molar-refractivity contribution in [1.29, 1.82) is 5.26 Å². The molecule has 0 bridgehead atoms. The molecular weight excluding hydrogens is 328 g/mol. The lowest BCUT2D eigenvalue weighted by Gasteiger charge is -2.22. The van der Waals surface area contributed by atoms with Crippen LogP contribution in [0.3, 0.4) is 0 Å². The largest absolute Gasteiger partial charge is 0.244 e. The lowest BCUT2D eigenvalue weighted by Crippen LogP contribution is -2.33. The van der Waals surface area contributed by atoms with E-state index in [9.17, 15) is 8.42 Å². The van der Waals surface area contributed by atoms with E-state index in [4.69, 9.17) is 16.9 Å². The molecule has 1 heterocycles. The molecule has 114 valence electrons. The average molecular weight is 345 g/mol. The van der Waals surface area contributed by atoms with Crippen molar-refractivity contribution in [3.8, 4) is 6.07 Å². The van der Waals surface area contributed by atoms with Gasteiger partial charge < -0.3 is 0 Å². The molecule has 2 rings (SSSR count). The second-order valence-electron chi connectivity index (χ2n) is 5.52. The van der Waals surface area contributed by atoms with Crippen molar-refractivity contribution >= 4 is 33.4 Å². The van der Waals surface area contributed by atoms with Crippen LogP contribution in [0.4, 0.5) is 0 Å². The lowest BCUT2D eigenvalue weighted by atomic mass is 10.1. The maximum Gasteiger partial charge on any atom is 0.244 e. The summed E-state index contributed by atoms with van der Waals surface area (Å²) < 4.78 is 27.0. The van der Waals surface area contributed by atoms with Gasteiger partial charge in [0.15, 0.2) is 0 Å². The second kappa shape index (κ2) is 6.17. The molecule has 1 fully saturated rings. The Balaban J connectivity index is 2.32. The van der Waals surface area contributed by atoms with E-state index >= 15 is 0 Å². The lowest BCUT2D eigenvalue weighted by molar-refractivity contribution is 0.415. The summed E-state index contributed by atoms with van der Waals surface area (Å²) in [6.07, 6.45) is 0.796. The number of thioether (sulfide) groups is 1. The van der Waals surface area contributed by atoms with Crippen LogP contribution in [-0.4, -0.2) is 36.3 Å². The standard InChI is InChI=1S/C14H17ClN2O2S2/c1-14(2)5-6-17(7-8-20-14)21(18,19)13-4-3-11(10-16)9-12(13)15/h3-4,9H,5-8H2,1-2H3. The Hall–Kier alpha value is -0.740. The molecule has 0 unspecified atom stereocenters. The third-order valence-corrected chi connectivity index (χ3v) is 7.23. The monoisotopic (exact) mass is 344 g/mol. The first kappa shape index (κ1) is 16.6. The van der Waals surface area contributed by atoms with Gasteiger partial charge in [0.1, 0.15) is 4.90 Å². The Kier molecular flexibility index (Phi) is 4.89. The molecule has 21 heavy (non-hydrogen) atoms. The van der Waals surface area contributed by atoms with E-state index in [1.807, 2.05) is 6.07 Å². The number of hydrogen-bond donors (Lipinski definition) is 0. The van der Waals surface area contributed by atoms with Gasteiger partial charge in [-0.2, -0.15) is 21.3 Å². The highest BCUT2D eigenvalue weighted by molar-refractivity contribution is 8.00. The van der Waals surface area contributed by atoms with E-state index in [-0.39, 0.29) is 14.7 Å². The summed E-state index contributed by atoms with van der Waals surface area (Å²) in [6.45, 7) is 5.22. The van der Waals surface area contributed by atoms with E-state index in [2.05, 4.69) is 13.8 Å². The molecule has 0 N–H and O–H groups in total. The summed E-state index contributed by atoms with van der Waals surface area (Å²) >= 11 is 7.83. The molecule has 1 aliphatic rings. The third-order valence-electron chi connectivity index (χ3n) is 3.48. The molecule has 0 spiro atoms. The van der Waals surface area contributed by atoms with Crippen LogP contribution in [0.2, 0.25) is 5.02 Å². The number of rotatable bonds is 2. The summed E-state index contributed by atoms with van der Waals surface area (Å²) in [5.41, 5.74) is 0.353. The Morgan fingerprint density at radius 2 is 2.10 bits per heavy atom. The van der Waals surface area contributed by atoms with Gasteiger partial charge in [0.2, 0.25) is 10.0 Å². The Morgan fingerprint density at radius 1 is 1.38 bits per heavy atom. The molecule has 4 nitrogen and oxygen atoms in total. The summed E-state index contributed by atoms with van der Waals surface area (Å²) in [6, 6.07) is 6.24. The van der Waals surface area contributed by atoms with Crippen LogP contribution in [0.25, 0.3) is 0 Å². The minimum atomic E-state index is -3.61. The van der Waals surface area contributed by atoms with E-state index in [0.717, 1.165) is 12.2 Å². The van der Waals surface area contributed by atoms with Gasteiger partial charge in [-0.05, 0) is 24.6 Å². The van der Waals surface area contributed by atoms with Crippen LogP contribution >= 0.6 is 23.4 Å². The predicted octanol–water partition coefficient (Wildman–Crippen LogP) is 3.12. The predicted molar refractivity (Wildman–Crippen MR) is 86.1 cm³/mol. The van der Waals surface area contributed by atoms with Crippen LogP contribution in [0.15, 0.2) is 23.1 Å². The van der Waals surface area contributed by atoms with Gasteiger partial charge in [-0.25, -0.2) is 8.42 Å². The van der Waals surface area contributed by atoms with Crippen molar-refractivity contribution in [2.45, 2.75) is 29.9 Å². The minimum absolute atomic E-state index is 0.0767. The van der Waals surface area contributed by atoms with Crippen LogP contribution in [-0.2, 0) is 10.0 Å². The highest BCUT2D eigenvalue weighted by Gasteiger charge is 2.31. The van der Waals surface area contributed by atoms with Crippen molar-refractivity contribution in [3.63, 3.8) is 0 Å². The van der Waals surface area contributed by atoms with Crippen LogP contribution in [0.1, 0.15) is 25.8 Å². The van der Waals surface area contributed by atoms with Crippen molar-refractivity contribution in [1.82, 2.24) is 4.31 Å². The van der Waals surface area contributed by atoms with Gasteiger partial charge in [-0.3, -0.25) is 0 Å². The number of nitriles is 1. The van der Waals surface area contributed by atoms with E-state index in [0.29, 0.717) is 18.7 Å². The normalized spacial score (nSPS) is 19.7. The fourth-order valence-electron chi connectivity index (χ4n) is 2.16. The highest BCUT2D eigenvalue weighted by atomic mass is 35.5. The fourth-order valence-corrected chi connectivity index (χ4v) is 5.34. The molecule has 1 aromatic carbocycles. The van der Waals surface area contributed by atoms with Crippen molar-refractivity contribution in [2.75, 3.05) is 18.8 Å². The Bertz CT molecular complexity index is 681. The topological polar surface area (TPSA) is 61.2 Å². The van der Waals surface area contributed by atoms with Crippen LogP contribution in [0.5, 0.6) is 0 Å². The number of sulfonamides is 1. The van der Waals surface area contributed by atoms with Gasteiger partial charge >= 0.3 is 0 Å². The summed E-state index contributed by atoms with van der Waals surface area (Å²) in [4.78, 5) is 0.0767. The number of benzene rings is 1. The van der Waals surface area contributed by atoms with Crippen LogP contribution in [0, 0.1) is 11.3 Å². The fraction of sp³-hybridized carbons (Fsp3) is 0.500. The molecule has 0 atom stereocenters. The number of nitrogens with zero attached hydrogens (tertiary/aromatic N) is 2. The molecule has 1 saturated heterocycles. The molecule has 0 amide bonds. The second-order valence-corrected chi connectivity index (χ2v) is 9.63. The van der Waals surface area contributed by atoms with Crippen LogP contribution < -0.4 is 0 Å². The van der Waals surface area contributed by atoms with Gasteiger partial charge in [0.25, 0.3) is 0 Å². The molecule has 7 heteroatoms. The minimum Gasteiger partial charge on any atom is -0.207 e. The zero-order valence-corrected chi connectivity index (χ0v) is 14.4. The average Bonchev–Trinajstić information content (AvgIpc) is 2.59. The SMILES string of the molecule is CC1(C)CCN(S(=O)(=O)c2ccc(C#N)cc2Cl)CCS1. The van der Waals surface area contributed by atoms with Crippen molar-refractivity contribution in [3.05, 3.63) is 28.8 Å². The molecule has 0 radical (unpaired) electrons. The van der Waals surface area contributed by atoms with Gasteiger partial charge in [0.05, 0.1) is 16.7 Å². The van der Waals surface area contributed by atoms with Gasteiger partial charge in [-0.15, -0.1) is 0 Å². The Morgan fingerprint density at radius 3 is 2.71 bits per heavy atom. The smallest absolute Gasteiger partial charge is 0.207 e. The van der Waals surface area contributed by atoms with Crippen molar-refractivity contribution < 1.29 is 8.42 Å². The van der Waals surface area contributed by atoms with E-state index < -0.39 is 10.0 Å². The number of halogens is 1. The zero-order chi connectivity index (χ0) is 15.7.